The van der Waals surface area contributed by atoms with Crippen LogP contribution in [0.15, 0.2) is 47.2 Å². The highest BCUT2D eigenvalue weighted by Gasteiger charge is 2.07. The Balaban J connectivity index is 2.14. The number of hydrogen-bond donors (Lipinski definition) is 0. The van der Waals surface area contributed by atoms with E-state index in [9.17, 15) is 0 Å². The summed E-state index contributed by atoms with van der Waals surface area (Å²) in [5.41, 5.74) is 2.24. The third kappa shape index (κ3) is 3.30. The highest BCUT2D eigenvalue weighted by Crippen LogP contribution is 2.31. The Labute approximate surface area is 117 Å². The Bertz CT molecular complexity index is 488. The van der Waals surface area contributed by atoms with Crippen LogP contribution in [0.5, 0.6) is 5.75 Å². The van der Waals surface area contributed by atoms with Crippen molar-refractivity contribution < 1.29 is 4.74 Å². The van der Waals surface area contributed by atoms with E-state index in [1.165, 1.54) is 0 Å². The lowest BCUT2D eigenvalue weighted by Crippen LogP contribution is -1.98. The number of pyridine rings is 1. The van der Waals surface area contributed by atoms with Gasteiger partial charge < -0.3 is 4.74 Å². The predicted molar refractivity (Wildman–Crippen MR) is 75.3 cm³/mol. The highest BCUT2D eigenvalue weighted by molar-refractivity contribution is 9.10. The van der Waals surface area contributed by atoms with Gasteiger partial charge in [-0.2, -0.15) is 0 Å². The molecule has 88 valence electrons. The minimum atomic E-state index is 0.547. The Kier molecular flexibility index (Phi) is 4.57. The molecule has 0 aliphatic heterocycles. The molecule has 0 atom stereocenters. The Morgan fingerprint density at radius 2 is 1.88 bits per heavy atom. The quantitative estimate of drug-likeness (QED) is 0.761. The first-order chi connectivity index (χ1) is 8.31. The number of hydrogen-bond acceptors (Lipinski definition) is 2. The number of halogens is 2. The molecular weight excluding hydrogens is 346 g/mol. The first-order valence-electron chi connectivity index (χ1n) is 5.16. The van der Waals surface area contributed by atoms with Gasteiger partial charge in [-0.25, -0.2) is 0 Å². The van der Waals surface area contributed by atoms with Gasteiger partial charge >= 0.3 is 0 Å². The van der Waals surface area contributed by atoms with Crippen LogP contribution >= 0.6 is 31.9 Å². The van der Waals surface area contributed by atoms with E-state index in [1.807, 2.05) is 30.3 Å². The average Bonchev–Trinajstić information content (AvgIpc) is 2.38. The lowest BCUT2D eigenvalue weighted by atomic mass is 10.2. The van der Waals surface area contributed by atoms with Gasteiger partial charge in [-0.1, -0.05) is 28.1 Å². The smallest absolute Gasteiger partial charge is 0.138 e. The number of ether oxygens (including phenoxy) is 1. The van der Waals surface area contributed by atoms with E-state index in [2.05, 4.69) is 36.8 Å². The number of rotatable bonds is 4. The summed E-state index contributed by atoms with van der Waals surface area (Å²) in [5.74, 6) is 0.890. The van der Waals surface area contributed by atoms with Crippen molar-refractivity contribution in [3.05, 3.63) is 58.3 Å². The van der Waals surface area contributed by atoms with Gasteiger partial charge in [0.2, 0.25) is 0 Å². The molecule has 0 aliphatic rings. The summed E-state index contributed by atoms with van der Waals surface area (Å²) in [4.78, 5) is 3.98. The first-order valence-corrected chi connectivity index (χ1v) is 7.08. The van der Waals surface area contributed by atoms with Gasteiger partial charge in [0.15, 0.2) is 0 Å². The van der Waals surface area contributed by atoms with E-state index in [-0.39, 0.29) is 0 Å². The Morgan fingerprint density at radius 3 is 2.59 bits per heavy atom. The van der Waals surface area contributed by atoms with E-state index < -0.39 is 0 Å². The number of alkyl halides is 1. The second kappa shape index (κ2) is 6.17. The van der Waals surface area contributed by atoms with Gasteiger partial charge in [0, 0.05) is 23.3 Å². The molecule has 0 spiro atoms. The molecule has 0 N–H and O–H groups in total. The molecule has 17 heavy (non-hydrogen) atoms. The second-order valence-corrected chi connectivity index (χ2v) is 4.92. The van der Waals surface area contributed by atoms with Crippen molar-refractivity contribution in [3.63, 3.8) is 0 Å². The zero-order chi connectivity index (χ0) is 12.1. The molecule has 0 fully saturated rings. The molecule has 0 saturated carbocycles. The molecular formula is C13H11Br2NO. The van der Waals surface area contributed by atoms with Crippen molar-refractivity contribution >= 4 is 31.9 Å². The van der Waals surface area contributed by atoms with E-state index in [0.29, 0.717) is 6.61 Å². The fourth-order valence-corrected chi connectivity index (χ4v) is 2.42. The van der Waals surface area contributed by atoms with Crippen molar-refractivity contribution in [2.45, 2.75) is 11.9 Å². The maximum atomic E-state index is 5.84. The van der Waals surface area contributed by atoms with Gasteiger partial charge in [-0.3, -0.25) is 4.98 Å². The molecule has 0 saturated heterocycles. The normalized spacial score (nSPS) is 10.2. The lowest BCUT2D eigenvalue weighted by Gasteiger charge is -2.11. The first kappa shape index (κ1) is 12.6. The van der Waals surface area contributed by atoms with E-state index in [4.69, 9.17) is 4.74 Å². The topological polar surface area (TPSA) is 22.1 Å². The van der Waals surface area contributed by atoms with Crippen LogP contribution in [-0.2, 0) is 11.9 Å². The van der Waals surface area contributed by atoms with Crippen molar-refractivity contribution in [2.75, 3.05) is 0 Å². The summed E-state index contributed by atoms with van der Waals surface area (Å²) in [6.07, 6.45) is 3.54. The molecule has 0 aliphatic carbocycles. The van der Waals surface area contributed by atoms with Crippen molar-refractivity contribution in [1.29, 1.82) is 0 Å². The van der Waals surface area contributed by atoms with E-state index in [0.717, 1.165) is 26.7 Å². The molecule has 2 aromatic rings. The molecule has 2 nitrogen and oxygen atoms in total. The van der Waals surface area contributed by atoms with E-state index >= 15 is 0 Å². The predicted octanol–water partition coefficient (Wildman–Crippen LogP) is 4.32. The molecule has 0 unspecified atom stereocenters. The minimum Gasteiger partial charge on any atom is -0.487 e. The highest BCUT2D eigenvalue weighted by atomic mass is 79.9. The molecule has 1 heterocycles. The van der Waals surface area contributed by atoms with Crippen LogP contribution < -0.4 is 4.74 Å². The Hall–Kier alpha value is -0.870. The Morgan fingerprint density at radius 1 is 1.12 bits per heavy atom. The van der Waals surface area contributed by atoms with Crippen molar-refractivity contribution in [1.82, 2.24) is 4.98 Å². The van der Waals surface area contributed by atoms with Crippen molar-refractivity contribution in [2.24, 2.45) is 0 Å². The number of aromatic nitrogens is 1. The van der Waals surface area contributed by atoms with Crippen LogP contribution in [0.2, 0.25) is 0 Å². The lowest BCUT2D eigenvalue weighted by molar-refractivity contribution is 0.302. The fraction of sp³-hybridized carbons (Fsp3) is 0.154. The second-order valence-electron chi connectivity index (χ2n) is 3.51. The summed E-state index contributed by atoms with van der Waals surface area (Å²) in [5, 5.41) is 0.776. The van der Waals surface area contributed by atoms with Crippen LogP contribution in [0.1, 0.15) is 11.1 Å². The molecule has 0 amide bonds. The maximum Gasteiger partial charge on any atom is 0.138 e. The van der Waals surface area contributed by atoms with Crippen LogP contribution in [0.25, 0.3) is 0 Å². The van der Waals surface area contributed by atoms with Gasteiger partial charge in [-0.15, -0.1) is 0 Å². The van der Waals surface area contributed by atoms with Crippen LogP contribution in [0.4, 0.5) is 0 Å². The number of benzene rings is 1. The van der Waals surface area contributed by atoms with Crippen LogP contribution in [-0.4, -0.2) is 4.98 Å². The molecule has 4 heteroatoms. The summed E-state index contributed by atoms with van der Waals surface area (Å²) >= 11 is 6.96. The number of nitrogens with zero attached hydrogens (tertiary/aromatic N) is 1. The van der Waals surface area contributed by atoms with Crippen LogP contribution in [0.3, 0.4) is 0 Å². The van der Waals surface area contributed by atoms with Crippen molar-refractivity contribution in [3.8, 4) is 5.75 Å². The summed E-state index contributed by atoms with van der Waals surface area (Å²) in [6.45, 7) is 0.547. The van der Waals surface area contributed by atoms with Crippen LogP contribution in [0, 0.1) is 0 Å². The molecule has 2 rings (SSSR count). The van der Waals surface area contributed by atoms with Gasteiger partial charge in [0.1, 0.15) is 12.4 Å². The van der Waals surface area contributed by atoms with E-state index in [1.54, 1.807) is 12.4 Å². The number of para-hydroxylation sites is 1. The van der Waals surface area contributed by atoms with Gasteiger partial charge in [0.05, 0.1) is 4.47 Å². The third-order valence-electron chi connectivity index (χ3n) is 2.33. The standard InChI is InChI=1S/C13H11Br2NO/c14-8-11-2-1-3-12(15)13(11)17-9-10-4-6-16-7-5-10/h1-7H,8-9H2. The molecule has 0 radical (unpaired) electrons. The largest absolute Gasteiger partial charge is 0.487 e. The van der Waals surface area contributed by atoms with Gasteiger partial charge in [0.25, 0.3) is 0 Å². The zero-order valence-electron chi connectivity index (χ0n) is 9.07. The third-order valence-corrected chi connectivity index (χ3v) is 3.55. The SMILES string of the molecule is BrCc1cccc(Br)c1OCc1ccncc1. The monoisotopic (exact) mass is 355 g/mol. The average molecular weight is 357 g/mol. The molecule has 0 bridgehead atoms. The summed E-state index contributed by atoms with van der Waals surface area (Å²) in [7, 11) is 0. The van der Waals surface area contributed by atoms with Gasteiger partial charge in [-0.05, 0) is 39.7 Å². The molecule has 1 aromatic heterocycles. The summed E-state index contributed by atoms with van der Waals surface area (Å²) < 4.78 is 6.82. The minimum absolute atomic E-state index is 0.547. The molecule has 1 aromatic carbocycles. The summed E-state index contributed by atoms with van der Waals surface area (Å²) in [6, 6.07) is 9.92. The fourth-order valence-electron chi connectivity index (χ4n) is 1.45. The maximum absolute atomic E-state index is 5.84. The zero-order valence-corrected chi connectivity index (χ0v) is 12.2.